The number of rotatable bonds is 8. The molecule has 0 aliphatic heterocycles. The molecule has 0 saturated heterocycles. The summed E-state index contributed by atoms with van der Waals surface area (Å²) in [6, 6.07) is 10.9. The summed E-state index contributed by atoms with van der Waals surface area (Å²) in [5.74, 6) is 1.30. The van der Waals surface area contributed by atoms with Crippen LogP contribution in [0.15, 0.2) is 41.6 Å². The molecule has 3 rings (SSSR count). The van der Waals surface area contributed by atoms with Gasteiger partial charge >= 0.3 is 0 Å². The molecule has 0 atom stereocenters. The maximum Gasteiger partial charge on any atom is 0.234 e. The molecule has 0 bridgehead atoms. The molecule has 0 spiro atoms. The topological polar surface area (TPSA) is 65.4 Å². The number of halogens is 1. The van der Waals surface area contributed by atoms with Crippen molar-refractivity contribution >= 4 is 46.0 Å². The molecule has 8 heteroatoms. The summed E-state index contributed by atoms with van der Waals surface area (Å²) < 4.78 is 12.6. The average Bonchev–Trinajstić information content (AvgIpc) is 3.03. The highest BCUT2D eigenvalue weighted by Gasteiger charge is 2.14. The minimum Gasteiger partial charge on any atom is -0.497 e. The van der Waals surface area contributed by atoms with Gasteiger partial charge in [-0.05, 0) is 36.8 Å². The Kier molecular flexibility index (Phi) is 6.70. The lowest BCUT2D eigenvalue weighted by atomic mass is 10.2. The van der Waals surface area contributed by atoms with Gasteiger partial charge < -0.3 is 19.4 Å². The number of nitrogens with one attached hydrogen (secondary N) is 1. The van der Waals surface area contributed by atoms with Gasteiger partial charge in [-0.1, -0.05) is 30.3 Å². The molecule has 1 amide bonds. The Morgan fingerprint density at radius 2 is 2.04 bits per heavy atom. The van der Waals surface area contributed by atoms with E-state index in [0.29, 0.717) is 22.2 Å². The molecule has 0 radical (unpaired) electrons. The Hall–Kier alpha value is -2.38. The van der Waals surface area contributed by atoms with Crippen molar-refractivity contribution in [3.05, 3.63) is 41.4 Å². The minimum absolute atomic E-state index is 0.137. The lowest BCUT2D eigenvalue weighted by Crippen LogP contribution is -2.15. The van der Waals surface area contributed by atoms with Crippen LogP contribution >= 0.6 is 23.4 Å². The van der Waals surface area contributed by atoms with Crippen molar-refractivity contribution in [3.8, 4) is 11.5 Å². The molecule has 0 fully saturated rings. The fraction of sp³-hybridized carbons (Fsp3) is 0.300. The molecule has 148 valence electrons. The molecular weight excluding hydrogens is 398 g/mol. The predicted molar refractivity (Wildman–Crippen MR) is 114 cm³/mol. The summed E-state index contributed by atoms with van der Waals surface area (Å²) in [5.41, 5.74) is 2.45. The van der Waals surface area contributed by atoms with E-state index >= 15 is 0 Å². The van der Waals surface area contributed by atoms with Crippen molar-refractivity contribution in [2.24, 2.45) is 0 Å². The van der Waals surface area contributed by atoms with Crippen LogP contribution in [-0.2, 0) is 11.3 Å². The van der Waals surface area contributed by atoms with E-state index in [9.17, 15) is 4.79 Å². The van der Waals surface area contributed by atoms with Crippen LogP contribution in [0.5, 0.6) is 11.5 Å². The van der Waals surface area contributed by atoms with Gasteiger partial charge in [0.2, 0.25) is 5.91 Å². The molecule has 28 heavy (non-hydrogen) atoms. The molecule has 1 heterocycles. The zero-order valence-corrected chi connectivity index (χ0v) is 17.6. The molecule has 3 aromatic rings. The van der Waals surface area contributed by atoms with E-state index < -0.39 is 0 Å². The third kappa shape index (κ3) is 4.54. The maximum atomic E-state index is 12.5. The van der Waals surface area contributed by atoms with E-state index in [2.05, 4.69) is 21.8 Å². The lowest BCUT2D eigenvalue weighted by molar-refractivity contribution is -0.113. The first-order valence-electron chi connectivity index (χ1n) is 8.86. The Morgan fingerprint density at radius 3 is 2.75 bits per heavy atom. The average molecular weight is 420 g/mol. The van der Waals surface area contributed by atoms with Crippen molar-refractivity contribution in [3.63, 3.8) is 0 Å². The number of aryl methyl sites for hydroxylation is 1. The minimum atomic E-state index is -0.137. The van der Waals surface area contributed by atoms with Crippen molar-refractivity contribution in [1.29, 1.82) is 0 Å². The predicted octanol–water partition coefficient (Wildman–Crippen LogP) is 4.85. The number of amides is 1. The molecule has 2 aromatic carbocycles. The number of fused-ring (bicyclic) bond motifs is 1. The molecule has 0 saturated carbocycles. The molecular formula is C20H22ClN3O3S. The van der Waals surface area contributed by atoms with Gasteiger partial charge in [-0.2, -0.15) is 0 Å². The third-order valence-corrected chi connectivity index (χ3v) is 5.35. The highest BCUT2D eigenvalue weighted by molar-refractivity contribution is 7.99. The maximum absolute atomic E-state index is 12.5. The van der Waals surface area contributed by atoms with Gasteiger partial charge in [0.05, 0.1) is 36.7 Å². The quantitative estimate of drug-likeness (QED) is 0.529. The second kappa shape index (κ2) is 9.21. The smallest absolute Gasteiger partial charge is 0.234 e. The fourth-order valence-corrected chi connectivity index (χ4v) is 3.86. The van der Waals surface area contributed by atoms with Gasteiger partial charge in [-0.15, -0.1) is 0 Å². The molecule has 1 N–H and O–H groups in total. The number of anilines is 1. The van der Waals surface area contributed by atoms with Gasteiger partial charge in [0.25, 0.3) is 0 Å². The first-order chi connectivity index (χ1) is 13.5. The van der Waals surface area contributed by atoms with E-state index in [1.54, 1.807) is 32.4 Å². The summed E-state index contributed by atoms with van der Waals surface area (Å²) >= 11 is 7.48. The number of aromatic nitrogens is 2. The zero-order valence-electron chi connectivity index (χ0n) is 16.0. The monoisotopic (exact) mass is 419 g/mol. The Labute approximate surface area is 173 Å². The second-order valence-electron chi connectivity index (χ2n) is 6.08. The van der Waals surface area contributed by atoms with Gasteiger partial charge in [-0.3, -0.25) is 4.79 Å². The first kappa shape index (κ1) is 20.4. The Bertz CT molecular complexity index is 990. The van der Waals surface area contributed by atoms with Crippen LogP contribution in [0.2, 0.25) is 5.02 Å². The summed E-state index contributed by atoms with van der Waals surface area (Å²) in [6.45, 7) is 2.94. The van der Waals surface area contributed by atoms with Gasteiger partial charge in [-0.25, -0.2) is 4.98 Å². The van der Waals surface area contributed by atoms with E-state index in [4.69, 9.17) is 21.1 Å². The Morgan fingerprint density at radius 1 is 1.21 bits per heavy atom. The van der Waals surface area contributed by atoms with Gasteiger partial charge in [0, 0.05) is 17.6 Å². The second-order valence-corrected chi connectivity index (χ2v) is 7.46. The third-order valence-electron chi connectivity index (χ3n) is 4.14. The number of hydrogen-bond donors (Lipinski definition) is 1. The molecule has 0 aliphatic carbocycles. The molecule has 6 nitrogen and oxygen atoms in total. The Balaban J connectivity index is 1.73. The highest BCUT2D eigenvalue weighted by atomic mass is 35.5. The number of imidazole rings is 1. The van der Waals surface area contributed by atoms with E-state index in [1.807, 2.05) is 18.2 Å². The zero-order chi connectivity index (χ0) is 20.1. The summed E-state index contributed by atoms with van der Waals surface area (Å²) in [4.78, 5) is 17.1. The number of nitrogens with zero attached hydrogens (tertiary/aromatic N) is 2. The number of carbonyl (C=O) groups is 1. The number of methoxy groups -OCH3 is 2. The summed E-state index contributed by atoms with van der Waals surface area (Å²) in [6.07, 6.45) is 0.969. The van der Waals surface area contributed by atoms with E-state index in [0.717, 1.165) is 29.2 Å². The van der Waals surface area contributed by atoms with Gasteiger partial charge in [0.15, 0.2) is 5.16 Å². The first-order valence-corrected chi connectivity index (χ1v) is 10.2. The highest BCUT2D eigenvalue weighted by Crippen LogP contribution is 2.30. The van der Waals surface area contributed by atoms with Crippen molar-refractivity contribution in [1.82, 2.24) is 9.55 Å². The van der Waals surface area contributed by atoms with Crippen molar-refractivity contribution < 1.29 is 14.3 Å². The summed E-state index contributed by atoms with van der Waals surface area (Å²) in [7, 11) is 3.14. The molecule has 0 aliphatic rings. The number of ether oxygens (including phenoxy) is 2. The van der Waals surface area contributed by atoms with Crippen LogP contribution in [0.25, 0.3) is 11.0 Å². The summed E-state index contributed by atoms with van der Waals surface area (Å²) in [5, 5.41) is 4.33. The molecule has 0 unspecified atom stereocenters. The van der Waals surface area contributed by atoms with E-state index in [1.165, 1.54) is 11.8 Å². The number of carbonyl (C=O) groups excluding carboxylic acids is 1. The lowest BCUT2D eigenvalue weighted by Gasteiger charge is -2.12. The van der Waals surface area contributed by atoms with Crippen LogP contribution in [-0.4, -0.2) is 35.4 Å². The van der Waals surface area contributed by atoms with Crippen LogP contribution in [0, 0.1) is 0 Å². The van der Waals surface area contributed by atoms with Crippen LogP contribution < -0.4 is 14.8 Å². The molecule has 1 aromatic heterocycles. The largest absolute Gasteiger partial charge is 0.497 e. The number of benzene rings is 2. The van der Waals surface area contributed by atoms with Crippen LogP contribution in [0.1, 0.15) is 13.3 Å². The fourth-order valence-electron chi connectivity index (χ4n) is 2.85. The van der Waals surface area contributed by atoms with Crippen LogP contribution in [0.3, 0.4) is 0 Å². The van der Waals surface area contributed by atoms with E-state index in [-0.39, 0.29) is 11.7 Å². The number of thioether (sulfide) groups is 1. The van der Waals surface area contributed by atoms with Crippen molar-refractivity contribution in [2.75, 3.05) is 25.3 Å². The van der Waals surface area contributed by atoms with Crippen LogP contribution in [0.4, 0.5) is 5.69 Å². The number of hydrogen-bond acceptors (Lipinski definition) is 5. The SMILES string of the molecule is CCCn1c(SCC(=O)Nc2ccc(OC)cc2OC)nc2cc(Cl)ccc21. The standard InChI is InChI=1S/C20H22ClN3O3S/c1-4-9-24-17-8-5-13(21)10-16(17)23-20(24)28-12-19(25)22-15-7-6-14(26-2)11-18(15)27-3/h5-8,10-11H,4,9,12H2,1-3H3,(H,22,25). The normalized spacial score (nSPS) is 10.9. The van der Waals surface area contributed by atoms with Gasteiger partial charge in [0.1, 0.15) is 11.5 Å². The van der Waals surface area contributed by atoms with Crippen molar-refractivity contribution in [2.45, 2.75) is 25.0 Å².